The average Bonchev–Trinajstić information content (AvgIpc) is 3.24. The lowest BCUT2D eigenvalue weighted by molar-refractivity contribution is 0.669. The van der Waals surface area contributed by atoms with Gasteiger partial charge < -0.3 is 4.42 Å². The van der Waals surface area contributed by atoms with Crippen molar-refractivity contribution in [1.82, 2.24) is 15.0 Å². The van der Waals surface area contributed by atoms with Crippen molar-refractivity contribution in [2.24, 2.45) is 0 Å². The van der Waals surface area contributed by atoms with Gasteiger partial charge in [-0.15, -0.1) is 0 Å². The molecule has 33 heavy (non-hydrogen) atoms. The average molecular weight is 468 g/mol. The van der Waals surface area contributed by atoms with Crippen molar-refractivity contribution in [3.63, 3.8) is 0 Å². The molecule has 6 aromatic rings. The molecule has 6 rings (SSSR count). The zero-order valence-electron chi connectivity index (χ0n) is 17.2. The fraction of sp³-hybridized carbons (Fsp3) is 0. The number of nitrogens with zero attached hydrogens (tertiary/aromatic N) is 3. The van der Waals surface area contributed by atoms with E-state index < -0.39 is 0 Å². The summed E-state index contributed by atoms with van der Waals surface area (Å²) in [7, 11) is 0. The number of furan rings is 1. The molecule has 2 aromatic heterocycles. The maximum atomic E-state index is 6.42. The molecule has 0 aliphatic heterocycles. The number of fused-ring (bicyclic) bond motifs is 3. The standard InChI is InChI=1S/C27H15Cl2N3O/c28-18-14-21-19-12-7-13-20(23(19)33-24(21)22(29)15-18)27-31-25(16-8-3-1-4-9-16)30-26(32-27)17-10-5-2-6-11-17/h1-15H. The number of hydrogen-bond acceptors (Lipinski definition) is 4. The lowest BCUT2D eigenvalue weighted by Gasteiger charge is -2.08. The van der Waals surface area contributed by atoms with Gasteiger partial charge in [0, 0.05) is 26.9 Å². The smallest absolute Gasteiger partial charge is 0.167 e. The maximum Gasteiger partial charge on any atom is 0.167 e. The third kappa shape index (κ3) is 3.54. The number of aromatic nitrogens is 3. The van der Waals surface area contributed by atoms with E-state index in [2.05, 4.69) is 0 Å². The first-order valence-corrected chi connectivity index (χ1v) is 11.1. The normalized spacial score (nSPS) is 11.3. The van der Waals surface area contributed by atoms with E-state index in [0.717, 1.165) is 27.5 Å². The molecule has 0 aliphatic carbocycles. The number of para-hydroxylation sites is 1. The zero-order valence-corrected chi connectivity index (χ0v) is 18.7. The SMILES string of the molecule is Clc1cc(Cl)c2oc3c(-c4nc(-c5ccccc5)nc(-c5ccccc5)n4)cccc3c2c1. The fourth-order valence-corrected chi connectivity index (χ4v) is 4.46. The van der Waals surface area contributed by atoms with Crippen molar-refractivity contribution >= 4 is 45.1 Å². The van der Waals surface area contributed by atoms with Crippen LogP contribution in [0.3, 0.4) is 0 Å². The van der Waals surface area contributed by atoms with Crippen LogP contribution < -0.4 is 0 Å². The molecular weight excluding hydrogens is 453 g/mol. The Morgan fingerprint density at radius 1 is 0.545 bits per heavy atom. The molecule has 0 saturated heterocycles. The molecule has 0 fully saturated rings. The largest absolute Gasteiger partial charge is 0.454 e. The minimum atomic E-state index is 0.463. The summed E-state index contributed by atoms with van der Waals surface area (Å²) < 4.78 is 6.22. The van der Waals surface area contributed by atoms with Crippen molar-refractivity contribution in [3.05, 3.63) is 101 Å². The Bertz CT molecular complexity index is 1570. The molecule has 0 radical (unpaired) electrons. The molecule has 6 heteroatoms. The monoisotopic (exact) mass is 467 g/mol. The minimum absolute atomic E-state index is 0.463. The Morgan fingerprint density at radius 3 is 1.79 bits per heavy atom. The third-order valence-corrected chi connectivity index (χ3v) is 5.96. The van der Waals surface area contributed by atoms with Gasteiger partial charge in [-0.1, -0.05) is 96.0 Å². The maximum absolute atomic E-state index is 6.42. The van der Waals surface area contributed by atoms with Crippen LogP contribution in [-0.4, -0.2) is 15.0 Å². The summed E-state index contributed by atoms with van der Waals surface area (Å²) in [5.74, 6) is 1.71. The minimum Gasteiger partial charge on any atom is -0.454 e. The van der Waals surface area contributed by atoms with E-state index in [-0.39, 0.29) is 0 Å². The quantitative estimate of drug-likeness (QED) is 0.264. The van der Waals surface area contributed by atoms with Crippen LogP contribution in [0, 0.1) is 0 Å². The van der Waals surface area contributed by atoms with Crippen molar-refractivity contribution in [3.8, 4) is 34.2 Å². The zero-order chi connectivity index (χ0) is 22.4. The number of benzene rings is 4. The predicted molar refractivity (Wildman–Crippen MR) is 133 cm³/mol. The molecule has 0 bridgehead atoms. The van der Waals surface area contributed by atoms with Gasteiger partial charge in [0.15, 0.2) is 23.1 Å². The molecule has 0 atom stereocenters. The Balaban J connectivity index is 1.64. The second kappa shape index (κ2) is 8.00. The van der Waals surface area contributed by atoms with Gasteiger partial charge >= 0.3 is 0 Å². The van der Waals surface area contributed by atoms with Crippen LogP contribution >= 0.6 is 23.2 Å². The van der Waals surface area contributed by atoms with Gasteiger partial charge in [0.05, 0.1) is 10.6 Å². The number of hydrogen-bond donors (Lipinski definition) is 0. The van der Waals surface area contributed by atoms with E-state index >= 15 is 0 Å². The highest BCUT2D eigenvalue weighted by molar-refractivity contribution is 6.39. The summed E-state index contributed by atoms with van der Waals surface area (Å²) in [5.41, 5.74) is 3.81. The molecule has 158 valence electrons. The summed E-state index contributed by atoms with van der Waals surface area (Å²) in [6.07, 6.45) is 0. The number of halogens is 2. The highest BCUT2D eigenvalue weighted by atomic mass is 35.5. The van der Waals surface area contributed by atoms with E-state index in [1.165, 1.54) is 0 Å². The highest BCUT2D eigenvalue weighted by Gasteiger charge is 2.18. The Kier molecular flexibility index (Phi) is 4.83. The summed E-state index contributed by atoms with van der Waals surface area (Å²) in [5, 5.41) is 2.77. The van der Waals surface area contributed by atoms with Gasteiger partial charge in [-0.3, -0.25) is 0 Å². The molecule has 0 spiro atoms. The van der Waals surface area contributed by atoms with Crippen molar-refractivity contribution in [2.45, 2.75) is 0 Å². The molecule has 0 unspecified atom stereocenters. The van der Waals surface area contributed by atoms with E-state index in [4.69, 9.17) is 42.6 Å². The van der Waals surface area contributed by atoms with Gasteiger partial charge in [0.25, 0.3) is 0 Å². The molecular formula is C27H15Cl2N3O. The van der Waals surface area contributed by atoms with E-state index in [1.54, 1.807) is 6.07 Å². The van der Waals surface area contributed by atoms with E-state index in [0.29, 0.717) is 38.7 Å². The highest BCUT2D eigenvalue weighted by Crippen LogP contribution is 2.39. The molecule has 2 heterocycles. The van der Waals surface area contributed by atoms with Crippen molar-refractivity contribution < 1.29 is 4.42 Å². The van der Waals surface area contributed by atoms with Gasteiger partial charge in [0.2, 0.25) is 0 Å². The number of rotatable bonds is 3. The lowest BCUT2D eigenvalue weighted by atomic mass is 10.1. The summed E-state index contributed by atoms with van der Waals surface area (Å²) in [6.45, 7) is 0. The van der Waals surface area contributed by atoms with Gasteiger partial charge in [-0.2, -0.15) is 0 Å². The summed E-state index contributed by atoms with van der Waals surface area (Å²) in [6, 6.07) is 29.1. The predicted octanol–water partition coefficient (Wildman–Crippen LogP) is 8.08. The van der Waals surface area contributed by atoms with Gasteiger partial charge in [-0.25, -0.2) is 15.0 Å². The first-order chi connectivity index (χ1) is 16.2. The third-order valence-electron chi connectivity index (χ3n) is 5.46. The van der Waals surface area contributed by atoms with Gasteiger partial charge in [0.1, 0.15) is 5.58 Å². The second-order valence-corrected chi connectivity index (χ2v) is 8.43. The van der Waals surface area contributed by atoms with Crippen LogP contribution in [0.15, 0.2) is 95.4 Å². The Labute approximate surface area is 199 Å². The first kappa shape index (κ1) is 19.9. The fourth-order valence-electron chi connectivity index (χ4n) is 3.93. The molecule has 4 nitrogen and oxygen atoms in total. The molecule has 0 N–H and O–H groups in total. The van der Waals surface area contributed by atoms with Gasteiger partial charge in [-0.05, 0) is 18.2 Å². The summed E-state index contributed by atoms with van der Waals surface area (Å²) in [4.78, 5) is 14.4. The van der Waals surface area contributed by atoms with Crippen LogP contribution in [0.4, 0.5) is 0 Å². The molecule has 0 saturated carbocycles. The van der Waals surface area contributed by atoms with Crippen LogP contribution in [0.5, 0.6) is 0 Å². The van der Waals surface area contributed by atoms with Crippen LogP contribution in [0.25, 0.3) is 56.1 Å². The molecule has 0 aliphatic rings. The van der Waals surface area contributed by atoms with Crippen molar-refractivity contribution in [1.29, 1.82) is 0 Å². The Morgan fingerprint density at radius 2 is 1.15 bits per heavy atom. The summed E-state index contributed by atoms with van der Waals surface area (Å²) >= 11 is 12.7. The molecule has 0 amide bonds. The second-order valence-electron chi connectivity index (χ2n) is 7.59. The Hall–Kier alpha value is -3.73. The van der Waals surface area contributed by atoms with Crippen LogP contribution in [-0.2, 0) is 0 Å². The van der Waals surface area contributed by atoms with Crippen LogP contribution in [0.2, 0.25) is 10.0 Å². The first-order valence-electron chi connectivity index (χ1n) is 10.3. The van der Waals surface area contributed by atoms with E-state index in [9.17, 15) is 0 Å². The van der Waals surface area contributed by atoms with Crippen molar-refractivity contribution in [2.75, 3.05) is 0 Å². The lowest BCUT2D eigenvalue weighted by Crippen LogP contribution is -2.00. The van der Waals surface area contributed by atoms with Crippen LogP contribution in [0.1, 0.15) is 0 Å². The topological polar surface area (TPSA) is 51.8 Å². The van der Waals surface area contributed by atoms with E-state index in [1.807, 2.05) is 84.9 Å². The molecule has 4 aromatic carbocycles.